The van der Waals surface area contributed by atoms with Gasteiger partial charge in [-0.2, -0.15) is 0 Å². The van der Waals surface area contributed by atoms with Gasteiger partial charge in [0.25, 0.3) is 0 Å². The zero-order chi connectivity index (χ0) is 23.1. The normalized spacial score (nSPS) is 17.4. The van der Waals surface area contributed by atoms with E-state index in [0.717, 1.165) is 56.9 Å². The molecule has 0 saturated carbocycles. The second-order valence-electron chi connectivity index (χ2n) is 9.46. The molecule has 34 heavy (non-hydrogen) atoms. The second-order valence-corrected chi connectivity index (χ2v) is 11.5. The number of pyridine rings is 1. The van der Waals surface area contributed by atoms with Crippen LogP contribution >= 0.6 is 23.1 Å². The maximum absolute atomic E-state index is 6.24. The first kappa shape index (κ1) is 22.1. The van der Waals surface area contributed by atoms with Crippen molar-refractivity contribution in [1.82, 2.24) is 15.0 Å². The monoisotopic (exact) mass is 492 g/mol. The molecule has 1 fully saturated rings. The SMILES string of the molecule is CC1(C)Cc2c(c(N3CCCC3)nc3sc4c(SCCOc5ccccc5)ncnc4c23)CO1. The number of rotatable bonds is 6. The molecule has 3 aromatic heterocycles. The molecule has 6 rings (SSSR count). The van der Waals surface area contributed by atoms with Crippen molar-refractivity contribution in [3.63, 3.8) is 0 Å². The Bertz CT molecular complexity index is 1330. The van der Waals surface area contributed by atoms with Crippen LogP contribution in [-0.4, -0.2) is 46.0 Å². The number of thioether (sulfide) groups is 1. The van der Waals surface area contributed by atoms with Crippen LogP contribution in [-0.2, 0) is 17.8 Å². The van der Waals surface area contributed by atoms with Gasteiger partial charge in [0.2, 0.25) is 0 Å². The first-order valence-electron chi connectivity index (χ1n) is 11.9. The molecular formula is C26H28N4O2S2. The molecule has 176 valence electrons. The van der Waals surface area contributed by atoms with E-state index in [-0.39, 0.29) is 5.60 Å². The van der Waals surface area contributed by atoms with Gasteiger partial charge in [-0.05, 0) is 44.4 Å². The fourth-order valence-electron chi connectivity index (χ4n) is 4.88. The van der Waals surface area contributed by atoms with Gasteiger partial charge in [0, 0.05) is 36.2 Å². The van der Waals surface area contributed by atoms with E-state index in [4.69, 9.17) is 19.4 Å². The van der Waals surface area contributed by atoms with Crippen molar-refractivity contribution >= 4 is 49.3 Å². The van der Waals surface area contributed by atoms with E-state index in [1.807, 2.05) is 30.3 Å². The van der Waals surface area contributed by atoms with Crippen molar-refractivity contribution in [3.05, 3.63) is 47.8 Å². The molecule has 0 unspecified atom stereocenters. The van der Waals surface area contributed by atoms with E-state index < -0.39 is 0 Å². The summed E-state index contributed by atoms with van der Waals surface area (Å²) in [6, 6.07) is 9.94. The molecule has 2 aliphatic heterocycles. The van der Waals surface area contributed by atoms with E-state index in [9.17, 15) is 0 Å². The Balaban J connectivity index is 1.37. The fourth-order valence-corrected chi connectivity index (χ4v) is 6.93. The van der Waals surface area contributed by atoms with Crippen LogP contribution in [0.2, 0.25) is 0 Å². The van der Waals surface area contributed by atoms with Crippen LogP contribution < -0.4 is 9.64 Å². The molecule has 0 aliphatic carbocycles. The molecule has 0 bridgehead atoms. The number of hydrogen-bond donors (Lipinski definition) is 0. The van der Waals surface area contributed by atoms with Crippen molar-refractivity contribution < 1.29 is 9.47 Å². The van der Waals surface area contributed by atoms with Gasteiger partial charge in [-0.15, -0.1) is 23.1 Å². The zero-order valence-electron chi connectivity index (χ0n) is 19.5. The summed E-state index contributed by atoms with van der Waals surface area (Å²) in [4.78, 5) is 18.1. The maximum Gasteiger partial charge on any atom is 0.136 e. The third-order valence-corrected chi connectivity index (χ3v) is 8.68. The molecule has 0 N–H and O–H groups in total. The lowest BCUT2D eigenvalue weighted by Crippen LogP contribution is -2.33. The number of thiophene rings is 1. The average molecular weight is 493 g/mol. The Kier molecular flexibility index (Phi) is 5.83. The first-order valence-corrected chi connectivity index (χ1v) is 13.7. The Morgan fingerprint density at radius 3 is 2.76 bits per heavy atom. The highest BCUT2D eigenvalue weighted by Crippen LogP contribution is 2.44. The van der Waals surface area contributed by atoms with Crippen molar-refractivity contribution in [2.24, 2.45) is 0 Å². The van der Waals surface area contributed by atoms with E-state index in [2.05, 4.69) is 23.7 Å². The van der Waals surface area contributed by atoms with Crippen LogP contribution in [0.4, 0.5) is 5.82 Å². The standard InChI is InChI=1S/C26H28N4O2S2/c1-26(2)14-18-19(15-32-26)23(30-10-6-7-11-30)29-24-20(18)21-22(34-24)25(28-16-27-21)33-13-12-31-17-8-4-3-5-9-17/h3-5,8-9,16H,6-7,10-15H2,1-2H3. The number of nitrogens with zero attached hydrogens (tertiary/aromatic N) is 4. The highest BCUT2D eigenvalue weighted by Gasteiger charge is 2.33. The van der Waals surface area contributed by atoms with Crippen molar-refractivity contribution in [2.45, 2.75) is 50.3 Å². The molecule has 1 aromatic carbocycles. The third kappa shape index (κ3) is 4.12. The zero-order valence-corrected chi connectivity index (χ0v) is 21.2. The number of aromatic nitrogens is 3. The number of ether oxygens (including phenoxy) is 2. The first-order chi connectivity index (χ1) is 16.6. The van der Waals surface area contributed by atoms with E-state index in [1.54, 1.807) is 29.4 Å². The van der Waals surface area contributed by atoms with Gasteiger partial charge in [-0.1, -0.05) is 18.2 Å². The summed E-state index contributed by atoms with van der Waals surface area (Å²) in [6.07, 6.45) is 5.01. The minimum Gasteiger partial charge on any atom is -0.493 e. The van der Waals surface area contributed by atoms with Crippen LogP contribution in [0.3, 0.4) is 0 Å². The Hall–Kier alpha value is -2.42. The van der Waals surface area contributed by atoms with Crippen LogP contribution in [0.1, 0.15) is 37.8 Å². The molecule has 0 radical (unpaired) electrons. The molecule has 4 aromatic rings. The molecular weight excluding hydrogens is 464 g/mol. The Morgan fingerprint density at radius 1 is 1.12 bits per heavy atom. The van der Waals surface area contributed by atoms with Crippen molar-refractivity contribution in [2.75, 3.05) is 30.3 Å². The highest BCUT2D eigenvalue weighted by molar-refractivity contribution is 7.99. The van der Waals surface area contributed by atoms with Gasteiger partial charge >= 0.3 is 0 Å². The molecule has 0 amide bonds. The lowest BCUT2D eigenvalue weighted by molar-refractivity contribution is -0.0395. The molecule has 8 heteroatoms. The predicted molar refractivity (Wildman–Crippen MR) is 139 cm³/mol. The summed E-state index contributed by atoms with van der Waals surface area (Å²) in [5, 5.41) is 2.20. The van der Waals surface area contributed by atoms with E-state index in [0.29, 0.717) is 13.2 Å². The summed E-state index contributed by atoms with van der Waals surface area (Å²) in [5.41, 5.74) is 3.43. The Morgan fingerprint density at radius 2 is 1.94 bits per heavy atom. The summed E-state index contributed by atoms with van der Waals surface area (Å²) in [5.74, 6) is 2.83. The third-order valence-electron chi connectivity index (χ3n) is 6.51. The molecule has 0 atom stereocenters. The summed E-state index contributed by atoms with van der Waals surface area (Å²) >= 11 is 3.45. The van der Waals surface area contributed by atoms with Gasteiger partial charge < -0.3 is 14.4 Å². The minimum atomic E-state index is -0.197. The van der Waals surface area contributed by atoms with Crippen molar-refractivity contribution in [3.8, 4) is 5.75 Å². The summed E-state index contributed by atoms with van der Waals surface area (Å²) in [6.45, 7) is 7.73. The number of para-hydroxylation sites is 1. The average Bonchev–Trinajstić information content (AvgIpc) is 3.50. The fraction of sp³-hybridized carbons (Fsp3) is 0.423. The maximum atomic E-state index is 6.24. The van der Waals surface area contributed by atoms with Gasteiger partial charge in [-0.3, -0.25) is 0 Å². The topological polar surface area (TPSA) is 60.4 Å². The van der Waals surface area contributed by atoms with E-state index >= 15 is 0 Å². The second kappa shape index (κ2) is 8.98. The van der Waals surface area contributed by atoms with Gasteiger partial charge in [0.1, 0.15) is 27.8 Å². The predicted octanol–water partition coefficient (Wildman–Crippen LogP) is 5.86. The number of fused-ring (bicyclic) bond motifs is 5. The van der Waals surface area contributed by atoms with E-state index in [1.165, 1.54) is 29.4 Å². The highest BCUT2D eigenvalue weighted by atomic mass is 32.2. The lowest BCUT2D eigenvalue weighted by Gasteiger charge is -2.34. The van der Waals surface area contributed by atoms with Crippen LogP contribution in [0.15, 0.2) is 41.7 Å². The van der Waals surface area contributed by atoms with Gasteiger partial charge in [0.05, 0.1) is 29.0 Å². The Labute approximate surface area is 207 Å². The molecule has 6 nitrogen and oxygen atoms in total. The smallest absolute Gasteiger partial charge is 0.136 e. The number of hydrogen-bond acceptors (Lipinski definition) is 8. The lowest BCUT2D eigenvalue weighted by atomic mass is 9.90. The summed E-state index contributed by atoms with van der Waals surface area (Å²) in [7, 11) is 0. The number of anilines is 1. The quantitative estimate of drug-likeness (QED) is 0.190. The minimum absolute atomic E-state index is 0.197. The molecule has 0 spiro atoms. The van der Waals surface area contributed by atoms with Gasteiger partial charge in [0.15, 0.2) is 0 Å². The molecule has 5 heterocycles. The van der Waals surface area contributed by atoms with Crippen LogP contribution in [0.25, 0.3) is 20.4 Å². The summed E-state index contributed by atoms with van der Waals surface area (Å²) < 4.78 is 13.2. The van der Waals surface area contributed by atoms with Crippen LogP contribution in [0, 0.1) is 0 Å². The van der Waals surface area contributed by atoms with Gasteiger partial charge in [-0.25, -0.2) is 15.0 Å². The molecule has 1 saturated heterocycles. The van der Waals surface area contributed by atoms with Crippen LogP contribution in [0.5, 0.6) is 5.75 Å². The molecule has 2 aliphatic rings. The van der Waals surface area contributed by atoms with Crippen molar-refractivity contribution in [1.29, 1.82) is 0 Å². The largest absolute Gasteiger partial charge is 0.493 e. The number of benzene rings is 1.